The second-order valence-corrected chi connectivity index (χ2v) is 5.65. The number of benzene rings is 1. The minimum atomic E-state index is -0.0813. The predicted molar refractivity (Wildman–Crippen MR) is 75.3 cm³/mol. The molecule has 96 valence electrons. The van der Waals surface area contributed by atoms with Gasteiger partial charge in [-0.05, 0) is 36.8 Å². The molecule has 0 N–H and O–H groups in total. The van der Waals surface area contributed by atoms with Gasteiger partial charge in [0.25, 0.3) is 0 Å². The van der Waals surface area contributed by atoms with E-state index in [9.17, 15) is 5.26 Å². The molecule has 0 saturated carbocycles. The van der Waals surface area contributed by atoms with Crippen LogP contribution in [0.15, 0.2) is 24.3 Å². The van der Waals surface area contributed by atoms with Crippen LogP contribution in [0.2, 0.25) is 0 Å². The Kier molecular flexibility index (Phi) is 4.42. The summed E-state index contributed by atoms with van der Waals surface area (Å²) in [5.74, 6) is 0. The third kappa shape index (κ3) is 2.93. The van der Waals surface area contributed by atoms with Gasteiger partial charge in [0, 0.05) is 0 Å². The van der Waals surface area contributed by atoms with E-state index in [1.165, 1.54) is 36.8 Å². The van der Waals surface area contributed by atoms with Crippen molar-refractivity contribution in [2.24, 2.45) is 5.41 Å². The molecule has 1 aromatic carbocycles. The molecule has 1 aliphatic carbocycles. The Morgan fingerprint density at radius 3 is 2.67 bits per heavy atom. The first kappa shape index (κ1) is 13.1. The summed E-state index contributed by atoms with van der Waals surface area (Å²) >= 11 is 0. The summed E-state index contributed by atoms with van der Waals surface area (Å²) in [5, 5.41) is 9.57. The van der Waals surface area contributed by atoms with E-state index in [0.29, 0.717) is 0 Å². The van der Waals surface area contributed by atoms with Crippen molar-refractivity contribution >= 4 is 0 Å². The zero-order valence-corrected chi connectivity index (χ0v) is 11.4. The van der Waals surface area contributed by atoms with Crippen molar-refractivity contribution in [2.45, 2.75) is 58.3 Å². The van der Waals surface area contributed by atoms with Crippen LogP contribution in [0.1, 0.15) is 56.6 Å². The summed E-state index contributed by atoms with van der Waals surface area (Å²) in [4.78, 5) is 0. The zero-order chi connectivity index (χ0) is 12.8. The lowest BCUT2D eigenvalue weighted by molar-refractivity contribution is 0.303. The summed E-state index contributed by atoms with van der Waals surface area (Å²) in [6.45, 7) is 2.23. The van der Waals surface area contributed by atoms with Crippen LogP contribution in [0, 0.1) is 16.7 Å². The Balaban J connectivity index is 2.01. The molecule has 18 heavy (non-hydrogen) atoms. The van der Waals surface area contributed by atoms with E-state index >= 15 is 0 Å². The minimum absolute atomic E-state index is 0.0813. The number of rotatable bonds is 5. The zero-order valence-electron chi connectivity index (χ0n) is 11.4. The molecule has 0 fully saturated rings. The summed E-state index contributed by atoms with van der Waals surface area (Å²) in [5.41, 5.74) is 2.78. The highest BCUT2D eigenvalue weighted by molar-refractivity contribution is 5.32. The summed E-state index contributed by atoms with van der Waals surface area (Å²) in [6, 6.07) is 11.3. The van der Waals surface area contributed by atoms with Crippen molar-refractivity contribution in [3.8, 4) is 6.07 Å². The molecule has 1 unspecified atom stereocenters. The maximum Gasteiger partial charge on any atom is 0.0693 e. The summed E-state index contributed by atoms with van der Waals surface area (Å²) in [6.07, 6.45) is 9.24. The Morgan fingerprint density at radius 1 is 1.17 bits per heavy atom. The van der Waals surface area contributed by atoms with E-state index in [1.807, 2.05) is 0 Å². The fourth-order valence-electron chi connectivity index (χ4n) is 3.06. The Morgan fingerprint density at radius 2 is 1.94 bits per heavy atom. The molecular formula is C17H23N. The van der Waals surface area contributed by atoms with Crippen LogP contribution in [-0.4, -0.2) is 0 Å². The van der Waals surface area contributed by atoms with E-state index in [1.54, 1.807) is 0 Å². The molecule has 0 spiro atoms. The average molecular weight is 241 g/mol. The largest absolute Gasteiger partial charge is 0.198 e. The first-order valence-corrected chi connectivity index (χ1v) is 7.28. The molecule has 0 amide bonds. The third-order valence-corrected chi connectivity index (χ3v) is 4.27. The monoisotopic (exact) mass is 241 g/mol. The van der Waals surface area contributed by atoms with Crippen molar-refractivity contribution in [1.29, 1.82) is 5.26 Å². The predicted octanol–water partition coefficient (Wildman–Crippen LogP) is 4.66. The lowest BCUT2D eigenvalue weighted by Crippen LogP contribution is -2.27. The Labute approximate surface area is 111 Å². The van der Waals surface area contributed by atoms with Gasteiger partial charge in [-0.2, -0.15) is 5.26 Å². The molecule has 1 heteroatoms. The number of nitrogens with zero attached hydrogens (tertiary/aromatic N) is 1. The Hall–Kier alpha value is -1.29. The number of nitriles is 1. The number of aryl methyl sites for hydroxylation is 1. The standard InChI is InChI=1S/C17H23N/c1-2-3-4-7-11-17(14-18)12-10-15-8-5-6-9-16(15)13-17/h5-6,8-9H,2-4,7,10-13H2,1H3. The van der Waals surface area contributed by atoms with E-state index < -0.39 is 0 Å². The number of hydrogen-bond acceptors (Lipinski definition) is 1. The number of fused-ring (bicyclic) bond motifs is 1. The van der Waals surface area contributed by atoms with E-state index in [-0.39, 0.29) is 5.41 Å². The van der Waals surface area contributed by atoms with Gasteiger partial charge >= 0.3 is 0 Å². The third-order valence-electron chi connectivity index (χ3n) is 4.27. The molecule has 0 radical (unpaired) electrons. The number of hydrogen-bond donors (Lipinski definition) is 0. The first-order chi connectivity index (χ1) is 8.79. The molecule has 1 nitrogen and oxygen atoms in total. The molecule has 0 heterocycles. The van der Waals surface area contributed by atoms with Gasteiger partial charge in [-0.1, -0.05) is 56.9 Å². The molecule has 0 aliphatic heterocycles. The molecule has 1 atom stereocenters. The molecule has 0 aromatic heterocycles. The summed E-state index contributed by atoms with van der Waals surface area (Å²) < 4.78 is 0. The van der Waals surface area contributed by atoms with Gasteiger partial charge in [0.1, 0.15) is 0 Å². The van der Waals surface area contributed by atoms with Gasteiger partial charge in [0.05, 0.1) is 11.5 Å². The normalized spacial score (nSPS) is 22.2. The topological polar surface area (TPSA) is 23.8 Å². The van der Waals surface area contributed by atoms with E-state index in [2.05, 4.69) is 37.3 Å². The highest BCUT2D eigenvalue weighted by Gasteiger charge is 2.33. The van der Waals surface area contributed by atoms with Gasteiger partial charge < -0.3 is 0 Å². The summed E-state index contributed by atoms with van der Waals surface area (Å²) in [7, 11) is 0. The van der Waals surface area contributed by atoms with Gasteiger partial charge in [-0.3, -0.25) is 0 Å². The SMILES string of the molecule is CCCCCCC1(C#N)CCc2ccccc2C1. The van der Waals surface area contributed by atoms with Crippen molar-refractivity contribution in [2.75, 3.05) is 0 Å². The second kappa shape index (κ2) is 6.05. The van der Waals surface area contributed by atoms with Crippen LogP contribution in [-0.2, 0) is 12.8 Å². The van der Waals surface area contributed by atoms with Crippen molar-refractivity contribution in [1.82, 2.24) is 0 Å². The fourth-order valence-corrected chi connectivity index (χ4v) is 3.06. The van der Waals surface area contributed by atoms with Crippen molar-refractivity contribution < 1.29 is 0 Å². The lowest BCUT2D eigenvalue weighted by Gasteiger charge is -2.32. The van der Waals surface area contributed by atoms with Crippen LogP contribution in [0.4, 0.5) is 0 Å². The van der Waals surface area contributed by atoms with Crippen LogP contribution < -0.4 is 0 Å². The van der Waals surface area contributed by atoms with Crippen LogP contribution in [0.3, 0.4) is 0 Å². The average Bonchev–Trinajstić information content (AvgIpc) is 2.43. The van der Waals surface area contributed by atoms with E-state index in [4.69, 9.17) is 0 Å². The minimum Gasteiger partial charge on any atom is -0.198 e. The highest BCUT2D eigenvalue weighted by Crippen LogP contribution is 2.39. The quantitative estimate of drug-likeness (QED) is 0.688. The molecule has 1 aromatic rings. The van der Waals surface area contributed by atoms with Gasteiger partial charge in [0.15, 0.2) is 0 Å². The van der Waals surface area contributed by atoms with Crippen LogP contribution in [0.5, 0.6) is 0 Å². The van der Waals surface area contributed by atoms with Gasteiger partial charge in [0.2, 0.25) is 0 Å². The maximum atomic E-state index is 9.57. The molecule has 0 saturated heterocycles. The smallest absolute Gasteiger partial charge is 0.0693 e. The van der Waals surface area contributed by atoms with Crippen molar-refractivity contribution in [3.63, 3.8) is 0 Å². The van der Waals surface area contributed by atoms with Crippen molar-refractivity contribution in [3.05, 3.63) is 35.4 Å². The van der Waals surface area contributed by atoms with Crippen LogP contribution in [0.25, 0.3) is 0 Å². The molecular weight excluding hydrogens is 218 g/mol. The second-order valence-electron chi connectivity index (χ2n) is 5.65. The molecule has 2 rings (SSSR count). The maximum absolute atomic E-state index is 9.57. The van der Waals surface area contributed by atoms with Gasteiger partial charge in [-0.25, -0.2) is 0 Å². The molecule has 1 aliphatic rings. The van der Waals surface area contributed by atoms with Gasteiger partial charge in [-0.15, -0.1) is 0 Å². The van der Waals surface area contributed by atoms with Crippen LogP contribution >= 0.6 is 0 Å². The molecule has 0 bridgehead atoms. The fraction of sp³-hybridized carbons (Fsp3) is 0.588. The highest BCUT2D eigenvalue weighted by atomic mass is 14.4. The number of unbranched alkanes of at least 4 members (excludes halogenated alkanes) is 3. The first-order valence-electron chi connectivity index (χ1n) is 7.28. The van der Waals surface area contributed by atoms with E-state index in [0.717, 1.165) is 25.7 Å². The lowest BCUT2D eigenvalue weighted by atomic mass is 9.70. The Bertz CT molecular complexity index is 429.